The first-order valence-corrected chi connectivity index (χ1v) is 14.8. The molecule has 0 aliphatic heterocycles. The summed E-state index contributed by atoms with van der Waals surface area (Å²) in [6, 6.07) is 18.1. The van der Waals surface area contributed by atoms with Gasteiger partial charge in [0, 0.05) is 42.4 Å². The fourth-order valence-electron chi connectivity index (χ4n) is 5.45. The largest absolute Gasteiger partial charge is 0.512 e. The van der Waals surface area contributed by atoms with Crippen LogP contribution in [0.25, 0.3) is 22.2 Å². The van der Waals surface area contributed by atoms with Crippen molar-refractivity contribution in [2.24, 2.45) is 34.5 Å². The van der Waals surface area contributed by atoms with Crippen molar-refractivity contribution in [3.8, 4) is 11.3 Å². The normalized spacial score (nSPS) is 12.6. The number of fused-ring (bicyclic) bond motifs is 1. The molecule has 41 heavy (non-hydrogen) atoms. The van der Waals surface area contributed by atoms with Crippen molar-refractivity contribution in [3.63, 3.8) is 0 Å². The van der Waals surface area contributed by atoms with Crippen LogP contribution in [0, 0.1) is 61.3 Å². The molecule has 0 amide bonds. The summed E-state index contributed by atoms with van der Waals surface area (Å²) in [5.74, 6) is 1.27. The number of rotatable bonds is 8. The summed E-state index contributed by atoms with van der Waals surface area (Å²) in [4.78, 5) is 17.6. The zero-order valence-electron chi connectivity index (χ0n) is 27.6. The minimum atomic E-state index is -0.442. The molecule has 0 atom stereocenters. The summed E-state index contributed by atoms with van der Waals surface area (Å²) in [5, 5.41) is 11.9. The number of allylic oxidation sites excluding steroid dienone is 2. The number of hydrogen-bond donors (Lipinski definition) is 1. The molecule has 3 rings (SSSR count). The number of aliphatic hydroxyl groups excluding tert-OH is 1. The van der Waals surface area contributed by atoms with Crippen LogP contribution in [0.15, 0.2) is 54.3 Å². The standard InChI is InChI=1S/C19H36O2.C18H16N.Ir/c1-12(2)18(9,13(3)4)16(20)11-17(21)19(10,14(5)6)15(7)8;1-12-8-13(2)10-15(9-12)18-11-14(3)16-6-4-5-7-17(16)19-18;/h11-15,20H,1-10H3;4-9,11H,1-3H3;/q;-1;/b16-11-;;. The van der Waals surface area contributed by atoms with E-state index in [1.54, 1.807) is 0 Å². The van der Waals surface area contributed by atoms with E-state index in [0.29, 0.717) is 0 Å². The monoisotopic (exact) mass is 735 g/mol. The van der Waals surface area contributed by atoms with Gasteiger partial charge in [0.2, 0.25) is 0 Å². The number of aliphatic hydroxyl groups is 1. The second-order valence-electron chi connectivity index (χ2n) is 13.2. The van der Waals surface area contributed by atoms with E-state index >= 15 is 0 Å². The van der Waals surface area contributed by atoms with Crippen LogP contribution in [-0.2, 0) is 24.9 Å². The number of pyridine rings is 1. The van der Waals surface area contributed by atoms with E-state index in [4.69, 9.17) is 4.98 Å². The molecule has 0 unspecified atom stereocenters. The number of ketones is 1. The summed E-state index contributed by atoms with van der Waals surface area (Å²) in [7, 11) is 0. The van der Waals surface area contributed by atoms with Crippen molar-refractivity contribution in [2.45, 2.75) is 90.0 Å². The Morgan fingerprint density at radius 1 is 0.829 bits per heavy atom. The summed E-state index contributed by atoms with van der Waals surface area (Å²) < 4.78 is 0. The number of carbonyl (C=O) groups is 1. The average Bonchev–Trinajstić information content (AvgIpc) is 2.86. The number of hydrogen-bond acceptors (Lipinski definition) is 3. The third kappa shape index (κ3) is 8.17. The maximum atomic E-state index is 12.8. The van der Waals surface area contributed by atoms with Crippen molar-refractivity contribution < 1.29 is 30.0 Å². The van der Waals surface area contributed by atoms with E-state index < -0.39 is 5.41 Å². The van der Waals surface area contributed by atoms with Crippen LogP contribution in [-0.4, -0.2) is 15.9 Å². The van der Waals surface area contributed by atoms with Gasteiger partial charge >= 0.3 is 0 Å². The van der Waals surface area contributed by atoms with Crippen LogP contribution in [0.2, 0.25) is 0 Å². The number of carbonyl (C=O) groups excluding carboxylic acids is 1. The minimum Gasteiger partial charge on any atom is -0.512 e. The third-order valence-electron chi connectivity index (χ3n) is 9.50. The van der Waals surface area contributed by atoms with Crippen molar-refractivity contribution in [1.29, 1.82) is 0 Å². The van der Waals surface area contributed by atoms with E-state index in [-0.39, 0.29) is 60.7 Å². The molecule has 0 spiro atoms. The van der Waals surface area contributed by atoms with Crippen LogP contribution in [0.4, 0.5) is 0 Å². The van der Waals surface area contributed by atoms with Gasteiger partial charge in [0.15, 0.2) is 5.78 Å². The summed E-state index contributed by atoms with van der Waals surface area (Å²) in [5.41, 5.74) is 5.97. The van der Waals surface area contributed by atoms with Gasteiger partial charge in [0.1, 0.15) is 5.76 Å². The van der Waals surface area contributed by atoms with Gasteiger partial charge in [-0.15, -0.1) is 34.9 Å². The minimum absolute atomic E-state index is 0. The van der Waals surface area contributed by atoms with Gasteiger partial charge in [0.05, 0.1) is 5.52 Å². The Balaban J connectivity index is 0.000000401. The van der Waals surface area contributed by atoms with Gasteiger partial charge in [-0.3, -0.25) is 9.78 Å². The van der Waals surface area contributed by atoms with Crippen molar-refractivity contribution in [3.05, 3.63) is 77.1 Å². The topological polar surface area (TPSA) is 50.2 Å². The molecule has 227 valence electrons. The van der Waals surface area contributed by atoms with Crippen LogP contribution < -0.4 is 0 Å². The first-order chi connectivity index (χ1) is 18.5. The van der Waals surface area contributed by atoms with E-state index in [1.165, 1.54) is 22.6 Å². The number of aryl methyl sites for hydroxylation is 3. The Labute approximate surface area is 263 Å². The van der Waals surface area contributed by atoms with Crippen molar-refractivity contribution in [2.75, 3.05) is 0 Å². The SMILES string of the molecule is CC(C)C(C)(C(=O)/C=C(\O)C(C)(C(C)C)C(C)C)C(C)C.Cc1[c-]c(-c2cc(C)c3ccccc3n2)cc(C)c1.[Ir]. The fraction of sp³-hybridized carbons (Fsp3) is 0.514. The molecule has 1 heterocycles. The predicted octanol–water partition coefficient (Wildman–Crippen LogP) is 10.3. The number of aromatic nitrogens is 1. The van der Waals surface area contributed by atoms with Gasteiger partial charge in [0.25, 0.3) is 0 Å². The maximum absolute atomic E-state index is 12.8. The number of nitrogens with zero attached hydrogens (tertiary/aromatic N) is 1. The van der Waals surface area contributed by atoms with Gasteiger partial charge in [-0.1, -0.05) is 107 Å². The average molecular weight is 735 g/mol. The molecule has 0 fully saturated rings. The number of benzene rings is 2. The second-order valence-corrected chi connectivity index (χ2v) is 13.2. The summed E-state index contributed by atoms with van der Waals surface area (Å²) >= 11 is 0. The molecule has 0 bridgehead atoms. The quantitative estimate of drug-likeness (QED) is 0.142. The molecule has 0 aliphatic rings. The molecular weight excluding hydrogens is 683 g/mol. The predicted molar refractivity (Wildman–Crippen MR) is 172 cm³/mol. The van der Waals surface area contributed by atoms with Gasteiger partial charge in [-0.2, -0.15) is 0 Å². The molecule has 1 N–H and O–H groups in total. The van der Waals surface area contributed by atoms with E-state index in [9.17, 15) is 9.90 Å². The van der Waals surface area contributed by atoms with E-state index in [0.717, 1.165) is 22.3 Å². The number of para-hydroxylation sites is 1. The summed E-state index contributed by atoms with van der Waals surface area (Å²) in [6.07, 6.45) is 1.50. The molecule has 4 heteroatoms. The fourth-order valence-corrected chi connectivity index (χ4v) is 5.45. The molecule has 2 aromatic carbocycles. The Kier molecular flexibility index (Phi) is 13.2. The third-order valence-corrected chi connectivity index (χ3v) is 9.50. The molecule has 0 saturated carbocycles. The Bertz CT molecular complexity index is 1310. The molecule has 1 radical (unpaired) electrons. The van der Waals surface area contributed by atoms with Gasteiger partial charge < -0.3 is 5.11 Å². The molecule has 1 aromatic heterocycles. The molecule has 0 aliphatic carbocycles. The zero-order chi connectivity index (χ0) is 30.6. The van der Waals surface area contributed by atoms with Crippen LogP contribution in [0.3, 0.4) is 0 Å². The first-order valence-electron chi connectivity index (χ1n) is 14.8. The molecular formula is C37H52IrNO2-. The first kappa shape index (κ1) is 36.7. The summed E-state index contributed by atoms with van der Waals surface area (Å²) in [6.45, 7) is 27.1. The van der Waals surface area contributed by atoms with E-state index in [1.807, 2.05) is 19.9 Å². The molecule has 0 saturated heterocycles. The molecule has 3 nitrogen and oxygen atoms in total. The van der Waals surface area contributed by atoms with Crippen molar-refractivity contribution in [1.82, 2.24) is 4.98 Å². The van der Waals surface area contributed by atoms with Crippen LogP contribution in [0.1, 0.15) is 85.9 Å². The van der Waals surface area contributed by atoms with E-state index in [2.05, 4.69) is 119 Å². The molecule has 3 aromatic rings. The Morgan fingerprint density at radius 3 is 1.83 bits per heavy atom. The van der Waals surface area contributed by atoms with Crippen LogP contribution >= 0.6 is 0 Å². The zero-order valence-corrected chi connectivity index (χ0v) is 30.0. The smallest absolute Gasteiger partial charge is 0.165 e. The Hall–Kier alpha value is -2.29. The van der Waals surface area contributed by atoms with Gasteiger partial charge in [-0.05, 0) is 47.9 Å². The Morgan fingerprint density at radius 2 is 1.34 bits per heavy atom. The maximum Gasteiger partial charge on any atom is 0.165 e. The second kappa shape index (κ2) is 14.7. The van der Waals surface area contributed by atoms with Crippen molar-refractivity contribution >= 4 is 16.7 Å². The van der Waals surface area contributed by atoms with Gasteiger partial charge in [-0.25, -0.2) is 0 Å². The van der Waals surface area contributed by atoms with Crippen LogP contribution in [0.5, 0.6) is 0 Å².